The fourth-order valence-corrected chi connectivity index (χ4v) is 5.68. The van der Waals surface area contributed by atoms with Crippen molar-refractivity contribution in [3.63, 3.8) is 0 Å². The van der Waals surface area contributed by atoms with Crippen LogP contribution in [-0.4, -0.2) is 45.8 Å². The topological polar surface area (TPSA) is 87.2 Å². The predicted molar refractivity (Wildman–Crippen MR) is 160 cm³/mol. The summed E-state index contributed by atoms with van der Waals surface area (Å²) in [6.07, 6.45) is 9.22. The van der Waals surface area contributed by atoms with Gasteiger partial charge in [0.25, 0.3) is 11.8 Å². The van der Waals surface area contributed by atoms with E-state index < -0.39 is 0 Å². The average molecular weight is 538 g/mol. The molecule has 5 rings (SSSR count). The number of fused-ring (bicyclic) bond motifs is 1. The molecule has 0 radical (unpaired) electrons. The van der Waals surface area contributed by atoms with Crippen molar-refractivity contribution in [2.75, 3.05) is 18.4 Å². The number of hydrogen-bond donors (Lipinski definition) is 2. The third-order valence-electron chi connectivity index (χ3n) is 8.18. The Morgan fingerprint density at radius 2 is 1.80 bits per heavy atom. The largest absolute Gasteiger partial charge is 0.348 e. The molecular weight excluding hydrogens is 498 g/mol. The van der Waals surface area contributed by atoms with Gasteiger partial charge in [0.2, 0.25) is 0 Å². The Morgan fingerprint density at radius 3 is 2.48 bits per heavy atom. The van der Waals surface area contributed by atoms with E-state index >= 15 is 0 Å². The highest BCUT2D eigenvalue weighted by atomic mass is 16.2. The van der Waals surface area contributed by atoms with Crippen LogP contribution in [0, 0.1) is 0 Å². The molecule has 2 N–H and O–H groups in total. The third-order valence-corrected chi connectivity index (χ3v) is 8.18. The van der Waals surface area contributed by atoms with Crippen molar-refractivity contribution in [2.45, 2.75) is 71.9 Å². The molecule has 7 nitrogen and oxygen atoms in total. The lowest BCUT2D eigenvalue weighted by Crippen LogP contribution is -2.36. The summed E-state index contributed by atoms with van der Waals surface area (Å²) in [6.45, 7) is 11.6. The quantitative estimate of drug-likeness (QED) is 0.340. The number of allylic oxidation sites excluding steroid dienone is 1. The Balaban J connectivity index is 1.37. The van der Waals surface area contributed by atoms with E-state index in [2.05, 4.69) is 56.7 Å². The number of carbonyl (C=O) groups is 2. The van der Waals surface area contributed by atoms with Gasteiger partial charge in [-0.1, -0.05) is 38.5 Å². The molecule has 1 atom stereocenters. The zero-order chi connectivity index (χ0) is 28.2. The smallest absolute Gasteiger partial charge is 0.270 e. The molecule has 3 heterocycles. The summed E-state index contributed by atoms with van der Waals surface area (Å²) in [6, 6.07) is 12.2. The van der Waals surface area contributed by atoms with E-state index in [-0.39, 0.29) is 17.9 Å². The number of hydrogen-bond acceptors (Lipinski definition) is 5. The van der Waals surface area contributed by atoms with Crippen molar-refractivity contribution in [1.29, 1.82) is 0 Å². The van der Waals surface area contributed by atoms with E-state index in [1.54, 1.807) is 18.3 Å². The van der Waals surface area contributed by atoms with E-state index in [0.717, 1.165) is 61.2 Å². The van der Waals surface area contributed by atoms with Crippen LogP contribution in [0.4, 0.5) is 5.69 Å². The van der Waals surface area contributed by atoms with E-state index in [0.29, 0.717) is 22.9 Å². The number of nitrogens with one attached hydrogen (secondary N) is 2. The number of rotatable bonds is 9. The van der Waals surface area contributed by atoms with Gasteiger partial charge in [0, 0.05) is 36.1 Å². The minimum Gasteiger partial charge on any atom is -0.348 e. The number of aromatic nitrogens is 2. The van der Waals surface area contributed by atoms with Crippen molar-refractivity contribution in [2.24, 2.45) is 0 Å². The van der Waals surface area contributed by atoms with E-state index in [4.69, 9.17) is 0 Å². The molecule has 2 aliphatic rings. The lowest BCUT2D eigenvalue weighted by Gasteiger charge is -2.30. The Kier molecular flexibility index (Phi) is 8.40. The van der Waals surface area contributed by atoms with Gasteiger partial charge in [-0.05, 0) is 98.1 Å². The van der Waals surface area contributed by atoms with Crippen LogP contribution in [0.1, 0.15) is 86.5 Å². The molecular formula is C33H39N5O2. The Hall–Kier alpha value is -3.84. The third kappa shape index (κ3) is 5.99. The molecule has 7 heteroatoms. The molecule has 1 fully saturated rings. The Morgan fingerprint density at radius 1 is 1.00 bits per heavy atom. The van der Waals surface area contributed by atoms with Crippen LogP contribution in [0.25, 0.3) is 16.7 Å². The van der Waals surface area contributed by atoms with Crippen LogP contribution in [-0.2, 0) is 11.3 Å². The number of nitrogens with zero attached hydrogens (tertiary/aromatic N) is 3. The average Bonchev–Trinajstić information content (AvgIpc) is 2.94. The minimum absolute atomic E-state index is 0.126. The van der Waals surface area contributed by atoms with Gasteiger partial charge in [-0.3, -0.25) is 19.5 Å². The maximum atomic E-state index is 13.7. The van der Waals surface area contributed by atoms with Crippen molar-refractivity contribution in [3.8, 4) is 11.1 Å². The fraction of sp³-hybridized carbons (Fsp3) is 0.394. The number of benzene rings is 1. The first-order chi connectivity index (χ1) is 19.4. The van der Waals surface area contributed by atoms with Gasteiger partial charge in [0.15, 0.2) is 0 Å². The molecule has 1 aromatic carbocycles. The summed E-state index contributed by atoms with van der Waals surface area (Å²) in [5.74, 6) is -0.0363. The molecule has 40 heavy (non-hydrogen) atoms. The number of anilines is 1. The van der Waals surface area contributed by atoms with Crippen LogP contribution in [0.15, 0.2) is 60.6 Å². The molecule has 1 aliphatic carbocycles. The number of likely N-dealkylation sites (tertiary alicyclic amines) is 1. The lowest BCUT2D eigenvalue weighted by atomic mass is 9.78. The molecule has 3 aromatic rings. The van der Waals surface area contributed by atoms with Crippen molar-refractivity contribution in [1.82, 2.24) is 20.2 Å². The predicted octanol–water partition coefficient (Wildman–Crippen LogP) is 6.19. The molecule has 2 amide bonds. The van der Waals surface area contributed by atoms with Crippen LogP contribution < -0.4 is 10.6 Å². The Labute approximate surface area is 237 Å². The van der Waals surface area contributed by atoms with Gasteiger partial charge in [0.05, 0.1) is 11.9 Å². The lowest BCUT2D eigenvalue weighted by molar-refractivity contribution is -0.111. The maximum absolute atomic E-state index is 13.7. The molecule has 1 unspecified atom stereocenters. The normalized spacial score (nSPS) is 16.9. The van der Waals surface area contributed by atoms with Crippen molar-refractivity contribution in [3.05, 3.63) is 82.9 Å². The number of pyridine rings is 2. The molecule has 0 bridgehead atoms. The van der Waals surface area contributed by atoms with E-state index in [9.17, 15) is 9.59 Å². The zero-order valence-electron chi connectivity index (χ0n) is 24.0. The van der Waals surface area contributed by atoms with E-state index in [1.807, 2.05) is 33.2 Å². The molecule has 208 valence electrons. The second-order valence-electron chi connectivity index (χ2n) is 11.1. The molecule has 2 aromatic heterocycles. The van der Waals surface area contributed by atoms with Crippen LogP contribution in [0.2, 0.25) is 0 Å². The van der Waals surface area contributed by atoms with Gasteiger partial charge in [0.1, 0.15) is 5.69 Å². The summed E-state index contributed by atoms with van der Waals surface area (Å²) in [5.41, 5.74) is 8.13. The van der Waals surface area contributed by atoms with Crippen molar-refractivity contribution >= 4 is 23.1 Å². The maximum Gasteiger partial charge on any atom is 0.270 e. The summed E-state index contributed by atoms with van der Waals surface area (Å²) >= 11 is 0. The van der Waals surface area contributed by atoms with Gasteiger partial charge < -0.3 is 10.6 Å². The summed E-state index contributed by atoms with van der Waals surface area (Å²) in [7, 11) is 0. The summed E-state index contributed by atoms with van der Waals surface area (Å²) in [5, 5.41) is 6.02. The fourth-order valence-electron chi connectivity index (χ4n) is 5.68. The minimum atomic E-state index is -0.198. The first kappa shape index (κ1) is 27.7. The van der Waals surface area contributed by atoms with Crippen molar-refractivity contribution < 1.29 is 9.59 Å². The van der Waals surface area contributed by atoms with Crippen LogP contribution >= 0.6 is 0 Å². The van der Waals surface area contributed by atoms with Gasteiger partial charge in [-0.25, -0.2) is 4.98 Å². The molecule has 1 saturated heterocycles. The SMILES string of the molecule is CCC(CC)NC(=O)c1ccc(NC(=O)C2=C(C)CC(C)c3ccc(-c4cncc(CN5CCC5)c4)cc32)cn1. The van der Waals surface area contributed by atoms with Crippen LogP contribution in [0.3, 0.4) is 0 Å². The highest BCUT2D eigenvalue weighted by Gasteiger charge is 2.27. The van der Waals surface area contributed by atoms with E-state index in [1.165, 1.54) is 17.5 Å². The molecule has 1 aliphatic heterocycles. The number of amides is 2. The first-order valence-electron chi connectivity index (χ1n) is 14.4. The molecule has 0 spiro atoms. The number of carbonyl (C=O) groups excluding carboxylic acids is 2. The summed E-state index contributed by atoms with van der Waals surface area (Å²) < 4.78 is 0. The highest BCUT2D eigenvalue weighted by Crippen LogP contribution is 2.40. The standard InChI is InChI=1S/C33H39N5O2/c1-5-26(6-2)36-32(39)30-11-9-27(19-35-30)37-33(40)31-22(4)14-21(3)28-10-8-24(16-29(28)31)25-15-23(17-34-18-25)20-38-12-7-13-38/h8-11,15-19,21,26H,5-7,12-14,20H2,1-4H3,(H,36,39)(H,37,40). The van der Waals surface area contributed by atoms with Gasteiger partial charge >= 0.3 is 0 Å². The van der Waals surface area contributed by atoms with Crippen LogP contribution in [0.5, 0.6) is 0 Å². The zero-order valence-corrected chi connectivity index (χ0v) is 24.0. The Bertz CT molecular complexity index is 1420. The molecule has 0 saturated carbocycles. The second-order valence-corrected chi connectivity index (χ2v) is 11.1. The highest BCUT2D eigenvalue weighted by molar-refractivity contribution is 6.26. The summed E-state index contributed by atoms with van der Waals surface area (Å²) in [4.78, 5) is 37.4. The second kappa shape index (κ2) is 12.1. The first-order valence-corrected chi connectivity index (χ1v) is 14.4. The van der Waals surface area contributed by atoms with Gasteiger partial charge in [-0.15, -0.1) is 0 Å². The monoisotopic (exact) mass is 537 g/mol. The van der Waals surface area contributed by atoms with Gasteiger partial charge in [-0.2, -0.15) is 0 Å².